The van der Waals surface area contributed by atoms with E-state index in [2.05, 4.69) is 15.9 Å². The highest BCUT2D eigenvalue weighted by Gasteiger charge is 2.23. The third-order valence-corrected chi connectivity index (χ3v) is 3.46. The monoisotopic (exact) mass is 269 g/mol. The summed E-state index contributed by atoms with van der Waals surface area (Å²) in [5.41, 5.74) is 6.74. The lowest BCUT2D eigenvalue weighted by Gasteiger charge is -2.25. The van der Waals surface area contributed by atoms with Crippen molar-refractivity contribution in [1.29, 1.82) is 0 Å². The van der Waals surface area contributed by atoms with Crippen molar-refractivity contribution < 1.29 is 9.53 Å². The number of nitrogens with two attached hydrogens (primary N) is 1. The Labute approximate surface area is 96.7 Å². The van der Waals surface area contributed by atoms with E-state index in [-0.39, 0.29) is 12.1 Å². The van der Waals surface area contributed by atoms with Crippen molar-refractivity contribution in [3.05, 3.63) is 28.2 Å². The number of halogens is 1. The van der Waals surface area contributed by atoms with Crippen LogP contribution in [0.2, 0.25) is 0 Å². The molecule has 4 heteroatoms. The van der Waals surface area contributed by atoms with Crippen LogP contribution in [0.1, 0.15) is 29.6 Å². The van der Waals surface area contributed by atoms with E-state index in [1.807, 2.05) is 0 Å². The van der Waals surface area contributed by atoms with Gasteiger partial charge < -0.3 is 10.5 Å². The van der Waals surface area contributed by atoms with Crippen LogP contribution in [0, 0.1) is 0 Å². The van der Waals surface area contributed by atoms with Crippen molar-refractivity contribution in [3.63, 3.8) is 0 Å². The Hall–Kier alpha value is -1.03. The summed E-state index contributed by atoms with van der Waals surface area (Å²) >= 11 is 3.28. The van der Waals surface area contributed by atoms with Gasteiger partial charge in [0.05, 0.1) is 10.0 Å². The van der Waals surface area contributed by atoms with Crippen LogP contribution in [0.3, 0.4) is 0 Å². The van der Waals surface area contributed by atoms with Crippen molar-refractivity contribution in [3.8, 4) is 0 Å². The van der Waals surface area contributed by atoms with Crippen LogP contribution in [0.25, 0.3) is 0 Å². The van der Waals surface area contributed by atoms with Gasteiger partial charge >= 0.3 is 5.97 Å². The number of benzene rings is 1. The van der Waals surface area contributed by atoms with Gasteiger partial charge in [0.25, 0.3) is 0 Å². The summed E-state index contributed by atoms with van der Waals surface area (Å²) in [4.78, 5) is 11.7. The molecule has 0 aromatic heterocycles. The highest BCUT2D eigenvalue weighted by atomic mass is 79.9. The smallest absolute Gasteiger partial charge is 0.339 e. The maximum atomic E-state index is 11.7. The maximum absolute atomic E-state index is 11.7. The van der Waals surface area contributed by atoms with Gasteiger partial charge in [-0.25, -0.2) is 4.79 Å². The van der Waals surface area contributed by atoms with Crippen molar-refractivity contribution in [2.75, 3.05) is 5.73 Å². The Balaban J connectivity index is 2.13. The van der Waals surface area contributed by atoms with Crippen LogP contribution >= 0.6 is 15.9 Å². The minimum absolute atomic E-state index is 0.103. The molecule has 3 nitrogen and oxygen atoms in total. The lowest BCUT2D eigenvalue weighted by atomic mass is 9.96. The van der Waals surface area contributed by atoms with Crippen LogP contribution in [0.15, 0.2) is 22.7 Å². The fourth-order valence-corrected chi connectivity index (χ4v) is 1.84. The van der Waals surface area contributed by atoms with Gasteiger partial charge in [0.1, 0.15) is 6.10 Å². The number of hydrogen-bond acceptors (Lipinski definition) is 3. The molecule has 0 bridgehead atoms. The molecule has 1 saturated carbocycles. The van der Waals surface area contributed by atoms with Gasteiger partial charge in [-0.3, -0.25) is 0 Å². The zero-order chi connectivity index (χ0) is 10.8. The SMILES string of the molecule is Nc1cccc(C(=O)OC2CCC2)c1Br. The molecule has 0 saturated heterocycles. The lowest BCUT2D eigenvalue weighted by molar-refractivity contribution is 0.00891. The van der Waals surface area contributed by atoms with E-state index in [1.54, 1.807) is 18.2 Å². The predicted molar refractivity (Wildman–Crippen MR) is 61.6 cm³/mol. The Morgan fingerprint density at radius 1 is 1.47 bits per heavy atom. The Kier molecular flexibility index (Phi) is 2.95. The van der Waals surface area contributed by atoms with Gasteiger partial charge in [0, 0.05) is 5.69 Å². The molecule has 0 unspecified atom stereocenters. The second-order valence-corrected chi connectivity index (χ2v) is 4.46. The predicted octanol–water partition coefficient (Wildman–Crippen LogP) is 2.74. The third kappa shape index (κ3) is 2.15. The second-order valence-electron chi connectivity index (χ2n) is 3.67. The molecular formula is C11H12BrNO2. The van der Waals surface area contributed by atoms with Crippen molar-refractivity contribution >= 4 is 27.6 Å². The van der Waals surface area contributed by atoms with Crippen LogP contribution in [-0.4, -0.2) is 12.1 Å². The average Bonchev–Trinajstić information content (AvgIpc) is 2.15. The molecule has 0 atom stereocenters. The highest BCUT2D eigenvalue weighted by molar-refractivity contribution is 9.10. The van der Waals surface area contributed by atoms with E-state index in [1.165, 1.54) is 0 Å². The van der Waals surface area contributed by atoms with Gasteiger partial charge in [-0.2, -0.15) is 0 Å². The first-order valence-corrected chi connectivity index (χ1v) is 5.73. The van der Waals surface area contributed by atoms with Crippen LogP contribution < -0.4 is 5.73 Å². The maximum Gasteiger partial charge on any atom is 0.339 e. The molecule has 2 rings (SSSR count). The molecule has 0 amide bonds. The van der Waals surface area contributed by atoms with E-state index in [0.717, 1.165) is 19.3 Å². The van der Waals surface area contributed by atoms with Crippen LogP contribution in [0.5, 0.6) is 0 Å². The van der Waals surface area contributed by atoms with Gasteiger partial charge in [0.15, 0.2) is 0 Å². The normalized spacial score (nSPS) is 15.8. The summed E-state index contributed by atoms with van der Waals surface area (Å²) in [5.74, 6) is -0.293. The van der Waals surface area contributed by atoms with Crippen molar-refractivity contribution in [2.24, 2.45) is 0 Å². The molecule has 1 aromatic rings. The Morgan fingerprint density at radius 2 is 2.20 bits per heavy atom. The summed E-state index contributed by atoms with van der Waals surface area (Å²) in [6.45, 7) is 0. The number of esters is 1. The minimum atomic E-state index is -0.293. The standard InChI is InChI=1S/C11H12BrNO2/c12-10-8(5-2-6-9(10)13)11(14)15-7-3-1-4-7/h2,5-7H,1,3-4,13H2. The van der Waals surface area contributed by atoms with Gasteiger partial charge in [-0.15, -0.1) is 0 Å². The first kappa shape index (κ1) is 10.5. The van der Waals surface area contributed by atoms with Crippen LogP contribution in [-0.2, 0) is 4.74 Å². The summed E-state index contributed by atoms with van der Waals surface area (Å²) in [6, 6.07) is 5.20. The van der Waals surface area contributed by atoms with E-state index in [4.69, 9.17) is 10.5 Å². The largest absolute Gasteiger partial charge is 0.459 e. The first-order valence-electron chi connectivity index (χ1n) is 4.93. The van der Waals surface area contributed by atoms with Gasteiger partial charge in [0.2, 0.25) is 0 Å². The van der Waals surface area contributed by atoms with E-state index in [9.17, 15) is 4.79 Å². The molecular weight excluding hydrogens is 258 g/mol. The summed E-state index contributed by atoms with van der Waals surface area (Å²) in [7, 11) is 0. The van der Waals surface area contributed by atoms with Crippen molar-refractivity contribution in [2.45, 2.75) is 25.4 Å². The first-order chi connectivity index (χ1) is 7.18. The molecule has 0 radical (unpaired) electrons. The van der Waals surface area contributed by atoms with Gasteiger partial charge in [-0.05, 0) is 47.3 Å². The average molecular weight is 270 g/mol. The number of ether oxygens (including phenoxy) is 1. The molecule has 1 aliphatic rings. The molecule has 1 aliphatic carbocycles. The molecule has 15 heavy (non-hydrogen) atoms. The molecule has 80 valence electrons. The zero-order valence-corrected chi connectivity index (χ0v) is 9.79. The summed E-state index contributed by atoms with van der Waals surface area (Å²) < 4.78 is 5.90. The topological polar surface area (TPSA) is 52.3 Å². The molecule has 2 N–H and O–H groups in total. The van der Waals surface area contributed by atoms with Gasteiger partial charge in [-0.1, -0.05) is 6.07 Å². The molecule has 1 aromatic carbocycles. The number of nitrogen functional groups attached to an aromatic ring is 1. The van der Waals surface area contributed by atoms with E-state index < -0.39 is 0 Å². The zero-order valence-electron chi connectivity index (χ0n) is 8.20. The number of anilines is 1. The summed E-state index contributed by atoms with van der Waals surface area (Å²) in [6.07, 6.45) is 3.21. The van der Waals surface area contributed by atoms with E-state index >= 15 is 0 Å². The number of hydrogen-bond donors (Lipinski definition) is 1. The van der Waals surface area contributed by atoms with Crippen molar-refractivity contribution in [1.82, 2.24) is 0 Å². The molecule has 1 fully saturated rings. The number of rotatable bonds is 2. The Bertz CT molecular complexity index is 388. The molecule has 0 heterocycles. The fraction of sp³-hybridized carbons (Fsp3) is 0.364. The Morgan fingerprint density at radius 3 is 2.80 bits per heavy atom. The second kappa shape index (κ2) is 4.23. The van der Waals surface area contributed by atoms with E-state index in [0.29, 0.717) is 15.7 Å². The molecule has 0 spiro atoms. The number of carbonyl (C=O) groups excluding carboxylic acids is 1. The lowest BCUT2D eigenvalue weighted by Crippen LogP contribution is -2.25. The third-order valence-electron chi connectivity index (χ3n) is 2.57. The number of carbonyl (C=O) groups is 1. The molecule has 0 aliphatic heterocycles. The van der Waals surface area contributed by atoms with Crippen LogP contribution in [0.4, 0.5) is 5.69 Å². The minimum Gasteiger partial charge on any atom is -0.459 e. The summed E-state index contributed by atoms with van der Waals surface area (Å²) in [5, 5.41) is 0. The quantitative estimate of drug-likeness (QED) is 0.664. The fourth-order valence-electron chi connectivity index (χ4n) is 1.41. The highest BCUT2D eigenvalue weighted by Crippen LogP contribution is 2.27.